The normalized spacial score (nSPS) is 11.0. The van der Waals surface area contributed by atoms with E-state index in [1.807, 2.05) is 57.0 Å². The standard InChI is InChI=1S/C18H25ClN4O2.HI/c1-5-20-18(21-12-17-22-13(2)14(3)25-17)23(4)10-11-24-16-8-6-15(19)7-9-16;/h6-9H,5,10-12H2,1-4H3,(H,20,21);1H. The fourth-order valence-corrected chi connectivity index (χ4v) is 2.28. The molecule has 2 aromatic rings. The summed E-state index contributed by atoms with van der Waals surface area (Å²) in [5, 5.41) is 3.96. The van der Waals surface area contributed by atoms with Crippen LogP contribution in [0.5, 0.6) is 5.75 Å². The van der Waals surface area contributed by atoms with E-state index in [4.69, 9.17) is 20.8 Å². The summed E-state index contributed by atoms with van der Waals surface area (Å²) >= 11 is 5.87. The molecule has 0 atom stereocenters. The lowest BCUT2D eigenvalue weighted by atomic mass is 10.3. The van der Waals surface area contributed by atoms with Gasteiger partial charge in [-0.25, -0.2) is 9.98 Å². The van der Waals surface area contributed by atoms with E-state index >= 15 is 0 Å². The van der Waals surface area contributed by atoms with Gasteiger partial charge in [0.1, 0.15) is 24.7 Å². The summed E-state index contributed by atoms with van der Waals surface area (Å²) in [5.74, 6) is 3.04. The van der Waals surface area contributed by atoms with Crippen molar-refractivity contribution in [3.05, 3.63) is 46.6 Å². The second-order valence-electron chi connectivity index (χ2n) is 5.64. The maximum atomic E-state index is 5.87. The largest absolute Gasteiger partial charge is 0.492 e. The molecule has 0 amide bonds. The van der Waals surface area contributed by atoms with Crippen molar-refractivity contribution in [2.75, 3.05) is 26.7 Å². The van der Waals surface area contributed by atoms with Crippen molar-refractivity contribution in [2.24, 2.45) is 4.99 Å². The predicted molar refractivity (Wildman–Crippen MR) is 116 cm³/mol. The van der Waals surface area contributed by atoms with E-state index in [0.29, 0.717) is 30.6 Å². The average Bonchev–Trinajstić information content (AvgIpc) is 2.91. The summed E-state index contributed by atoms with van der Waals surface area (Å²) in [6, 6.07) is 7.34. The van der Waals surface area contributed by atoms with Crippen molar-refractivity contribution in [1.82, 2.24) is 15.2 Å². The molecule has 0 unspecified atom stereocenters. The Hall–Kier alpha value is -1.48. The summed E-state index contributed by atoms with van der Waals surface area (Å²) in [6.07, 6.45) is 0. The van der Waals surface area contributed by atoms with Crippen LogP contribution in [0.1, 0.15) is 24.3 Å². The zero-order chi connectivity index (χ0) is 18.2. The van der Waals surface area contributed by atoms with E-state index in [-0.39, 0.29) is 24.0 Å². The van der Waals surface area contributed by atoms with Gasteiger partial charge in [-0.2, -0.15) is 0 Å². The number of rotatable bonds is 7. The highest BCUT2D eigenvalue weighted by Crippen LogP contribution is 2.15. The van der Waals surface area contributed by atoms with Gasteiger partial charge in [-0.05, 0) is 45.0 Å². The van der Waals surface area contributed by atoms with Crippen molar-refractivity contribution in [1.29, 1.82) is 0 Å². The van der Waals surface area contributed by atoms with Crippen molar-refractivity contribution >= 4 is 41.5 Å². The molecule has 0 saturated heterocycles. The number of hydrogen-bond acceptors (Lipinski definition) is 4. The lowest BCUT2D eigenvalue weighted by Gasteiger charge is -2.22. The van der Waals surface area contributed by atoms with Crippen LogP contribution < -0.4 is 10.1 Å². The highest BCUT2D eigenvalue weighted by atomic mass is 127. The third kappa shape index (κ3) is 7.03. The molecule has 8 heteroatoms. The first-order valence-electron chi connectivity index (χ1n) is 8.30. The first kappa shape index (κ1) is 22.6. The Morgan fingerprint density at radius 2 is 2.00 bits per heavy atom. The molecule has 1 N–H and O–H groups in total. The van der Waals surface area contributed by atoms with Crippen LogP contribution in [-0.4, -0.2) is 42.6 Å². The fourth-order valence-electron chi connectivity index (χ4n) is 2.16. The average molecular weight is 493 g/mol. The van der Waals surface area contributed by atoms with E-state index in [1.54, 1.807) is 0 Å². The summed E-state index contributed by atoms with van der Waals surface area (Å²) < 4.78 is 11.3. The van der Waals surface area contributed by atoms with Crippen LogP contribution in [0, 0.1) is 13.8 Å². The number of aryl methyl sites for hydroxylation is 2. The first-order valence-corrected chi connectivity index (χ1v) is 8.68. The smallest absolute Gasteiger partial charge is 0.216 e. The lowest BCUT2D eigenvalue weighted by molar-refractivity contribution is 0.281. The van der Waals surface area contributed by atoms with Crippen molar-refractivity contribution in [3.8, 4) is 5.75 Å². The Morgan fingerprint density at radius 1 is 1.31 bits per heavy atom. The Labute approximate surface area is 177 Å². The van der Waals surface area contributed by atoms with Gasteiger partial charge >= 0.3 is 0 Å². The molecule has 0 aliphatic heterocycles. The maximum Gasteiger partial charge on any atom is 0.216 e. The monoisotopic (exact) mass is 492 g/mol. The van der Waals surface area contributed by atoms with E-state index in [9.17, 15) is 0 Å². The van der Waals surface area contributed by atoms with Gasteiger partial charge in [0.05, 0.1) is 12.2 Å². The summed E-state index contributed by atoms with van der Waals surface area (Å²) in [6.45, 7) is 8.29. The number of likely N-dealkylation sites (N-methyl/N-ethyl adjacent to an activating group) is 1. The van der Waals surface area contributed by atoms with Crippen LogP contribution in [0.2, 0.25) is 5.02 Å². The van der Waals surface area contributed by atoms with Gasteiger partial charge in [0.2, 0.25) is 5.89 Å². The van der Waals surface area contributed by atoms with Crippen LogP contribution in [-0.2, 0) is 6.54 Å². The number of hydrogen-bond donors (Lipinski definition) is 1. The number of guanidine groups is 1. The van der Waals surface area contributed by atoms with Gasteiger partial charge in [-0.15, -0.1) is 24.0 Å². The number of benzene rings is 1. The molecule has 0 spiro atoms. The van der Waals surface area contributed by atoms with Crippen LogP contribution in [0.4, 0.5) is 0 Å². The number of nitrogens with one attached hydrogen (secondary N) is 1. The number of nitrogens with zero attached hydrogens (tertiary/aromatic N) is 3. The van der Waals surface area contributed by atoms with Crippen LogP contribution >= 0.6 is 35.6 Å². The van der Waals surface area contributed by atoms with Crippen molar-refractivity contribution in [2.45, 2.75) is 27.3 Å². The Kier molecular flexibility index (Phi) is 9.79. The molecule has 2 rings (SSSR count). The van der Waals surface area contributed by atoms with Gasteiger partial charge in [0, 0.05) is 18.6 Å². The third-order valence-electron chi connectivity index (χ3n) is 3.64. The molecule has 26 heavy (non-hydrogen) atoms. The number of aliphatic imine (C=N–C) groups is 1. The van der Waals surface area contributed by atoms with Gasteiger partial charge < -0.3 is 19.4 Å². The molecule has 0 radical (unpaired) electrons. The van der Waals surface area contributed by atoms with E-state index in [2.05, 4.69) is 15.3 Å². The van der Waals surface area contributed by atoms with E-state index < -0.39 is 0 Å². The Morgan fingerprint density at radius 3 is 2.58 bits per heavy atom. The molecule has 0 bridgehead atoms. The maximum absolute atomic E-state index is 5.87. The highest BCUT2D eigenvalue weighted by Gasteiger charge is 2.08. The second kappa shape index (κ2) is 11.3. The Bertz CT molecular complexity index is 684. The molecule has 144 valence electrons. The first-order chi connectivity index (χ1) is 12.0. The quantitative estimate of drug-likeness (QED) is 0.359. The SMILES string of the molecule is CCNC(=NCc1nc(C)c(C)o1)N(C)CCOc1ccc(Cl)cc1.I. The highest BCUT2D eigenvalue weighted by molar-refractivity contribution is 14.0. The molecule has 6 nitrogen and oxygen atoms in total. The minimum Gasteiger partial charge on any atom is -0.492 e. The minimum atomic E-state index is 0. The van der Waals surface area contributed by atoms with Crippen molar-refractivity contribution < 1.29 is 9.15 Å². The van der Waals surface area contributed by atoms with Gasteiger partial charge in [-0.3, -0.25) is 0 Å². The minimum absolute atomic E-state index is 0. The molecule has 0 fully saturated rings. The zero-order valence-electron chi connectivity index (χ0n) is 15.6. The van der Waals surface area contributed by atoms with Crippen LogP contribution in [0.3, 0.4) is 0 Å². The summed E-state index contributed by atoms with van der Waals surface area (Å²) in [5.41, 5.74) is 0.903. The number of ether oxygens (including phenoxy) is 1. The van der Waals surface area contributed by atoms with Crippen molar-refractivity contribution in [3.63, 3.8) is 0 Å². The lowest BCUT2D eigenvalue weighted by Crippen LogP contribution is -2.40. The zero-order valence-corrected chi connectivity index (χ0v) is 18.7. The van der Waals surface area contributed by atoms with Crippen LogP contribution in [0.15, 0.2) is 33.7 Å². The molecule has 0 aliphatic carbocycles. The molecule has 0 saturated carbocycles. The van der Waals surface area contributed by atoms with Gasteiger partial charge in [0.25, 0.3) is 0 Å². The number of aromatic nitrogens is 1. The van der Waals surface area contributed by atoms with Gasteiger partial charge in [-0.1, -0.05) is 11.6 Å². The van der Waals surface area contributed by atoms with Gasteiger partial charge in [0.15, 0.2) is 5.96 Å². The predicted octanol–water partition coefficient (Wildman–Crippen LogP) is 4.04. The Balaban J connectivity index is 0.00000338. The third-order valence-corrected chi connectivity index (χ3v) is 3.89. The molecule has 0 aliphatic rings. The topological polar surface area (TPSA) is 62.9 Å². The molecule has 1 aromatic carbocycles. The number of oxazole rings is 1. The van der Waals surface area contributed by atoms with E-state index in [0.717, 1.165) is 29.7 Å². The van der Waals surface area contributed by atoms with Crippen LogP contribution in [0.25, 0.3) is 0 Å². The summed E-state index contributed by atoms with van der Waals surface area (Å²) in [7, 11) is 1.97. The molecular formula is C18H26ClIN4O2. The number of halogens is 2. The molecule has 1 heterocycles. The van der Waals surface area contributed by atoms with E-state index in [1.165, 1.54) is 0 Å². The second-order valence-corrected chi connectivity index (χ2v) is 6.08. The molecular weight excluding hydrogens is 467 g/mol. The molecule has 1 aromatic heterocycles. The summed E-state index contributed by atoms with van der Waals surface area (Å²) in [4.78, 5) is 10.9. The fraction of sp³-hybridized carbons (Fsp3) is 0.444.